The van der Waals surface area contributed by atoms with Crippen molar-refractivity contribution in [1.29, 1.82) is 0 Å². The molecular formula is C18H20N4O5S. The highest BCUT2D eigenvalue weighted by Crippen LogP contribution is 2.24. The number of carbonyl (C=O) groups is 1. The number of aromatic nitrogens is 1. The molecule has 0 unspecified atom stereocenters. The lowest BCUT2D eigenvalue weighted by Crippen LogP contribution is -2.49. The highest BCUT2D eigenvalue weighted by Gasteiger charge is 2.29. The highest BCUT2D eigenvalue weighted by molar-refractivity contribution is 7.89. The number of rotatable bonds is 5. The number of benzene rings is 1. The van der Waals surface area contributed by atoms with E-state index in [-0.39, 0.29) is 29.5 Å². The van der Waals surface area contributed by atoms with Gasteiger partial charge in [-0.2, -0.15) is 4.31 Å². The second kappa shape index (κ2) is 7.64. The quantitative estimate of drug-likeness (QED) is 0.425. The minimum atomic E-state index is -3.65. The maximum Gasteiger partial charge on any atom is 0.287 e. The van der Waals surface area contributed by atoms with Crippen molar-refractivity contribution < 1.29 is 18.1 Å². The van der Waals surface area contributed by atoms with Crippen LogP contribution in [0.15, 0.2) is 41.4 Å². The van der Waals surface area contributed by atoms with Crippen molar-refractivity contribution in [2.75, 3.05) is 31.1 Å². The number of sulfonamides is 1. The van der Waals surface area contributed by atoms with Gasteiger partial charge in [0.1, 0.15) is 12.0 Å². The summed E-state index contributed by atoms with van der Waals surface area (Å²) in [4.78, 5) is 28.0. The number of anilines is 1. The van der Waals surface area contributed by atoms with Crippen molar-refractivity contribution >= 4 is 27.3 Å². The Balaban J connectivity index is 1.72. The molecule has 0 spiro atoms. The first-order chi connectivity index (χ1) is 13.2. The van der Waals surface area contributed by atoms with Crippen molar-refractivity contribution in [3.8, 4) is 0 Å². The molecule has 1 fully saturated rings. The van der Waals surface area contributed by atoms with E-state index in [1.165, 1.54) is 47.8 Å². The third-order valence-corrected chi connectivity index (χ3v) is 6.60. The molecule has 3 rings (SSSR count). The van der Waals surface area contributed by atoms with E-state index >= 15 is 0 Å². The van der Waals surface area contributed by atoms with Crippen LogP contribution in [0.4, 0.5) is 11.5 Å². The van der Waals surface area contributed by atoms with Gasteiger partial charge < -0.3 is 4.90 Å². The van der Waals surface area contributed by atoms with Crippen molar-refractivity contribution in [1.82, 2.24) is 9.29 Å². The van der Waals surface area contributed by atoms with E-state index in [1.54, 1.807) is 6.92 Å². The number of Topliss-reactive ketones (excluding diaryl/α,β-unsaturated/α-hetero) is 1. The Morgan fingerprint density at radius 1 is 1.14 bits per heavy atom. The third kappa shape index (κ3) is 3.87. The molecule has 9 nitrogen and oxygen atoms in total. The third-order valence-electron chi connectivity index (χ3n) is 4.68. The predicted molar refractivity (Wildman–Crippen MR) is 103 cm³/mol. The van der Waals surface area contributed by atoms with E-state index in [4.69, 9.17) is 0 Å². The van der Waals surface area contributed by atoms with Gasteiger partial charge in [0, 0.05) is 37.8 Å². The fraction of sp³-hybridized carbons (Fsp3) is 0.333. The maximum absolute atomic E-state index is 12.8. The topological polar surface area (TPSA) is 114 Å². The van der Waals surface area contributed by atoms with Gasteiger partial charge in [0.2, 0.25) is 10.0 Å². The minimum Gasteiger partial charge on any atom is -0.354 e. The lowest BCUT2D eigenvalue weighted by molar-refractivity contribution is -0.385. The maximum atomic E-state index is 12.8. The summed E-state index contributed by atoms with van der Waals surface area (Å²) in [5.41, 5.74) is 1.06. The second-order valence-corrected chi connectivity index (χ2v) is 8.50. The summed E-state index contributed by atoms with van der Waals surface area (Å²) in [6.45, 7) is 4.57. The molecular weight excluding hydrogens is 384 g/mol. The standard InChI is InChI=1S/C18H20N4O5S/c1-13-11-16(22(24)25)12-19-18(13)20-7-9-21(10-8-20)28(26,27)17-5-3-15(4-6-17)14(2)23/h3-6,11-12H,7-10H2,1-2H3. The van der Waals surface area contributed by atoms with Crippen LogP contribution in [0.3, 0.4) is 0 Å². The molecule has 0 atom stereocenters. The number of ketones is 1. The Bertz CT molecular complexity index is 1010. The summed E-state index contributed by atoms with van der Waals surface area (Å²) in [5, 5.41) is 10.8. The SMILES string of the molecule is CC(=O)c1ccc(S(=O)(=O)N2CCN(c3ncc([N+](=O)[O-])cc3C)CC2)cc1. The summed E-state index contributed by atoms with van der Waals surface area (Å²) in [6, 6.07) is 7.37. The molecule has 1 aromatic carbocycles. The molecule has 1 aliphatic rings. The molecule has 0 amide bonds. The molecule has 2 aromatic rings. The van der Waals surface area contributed by atoms with Gasteiger partial charge in [-0.1, -0.05) is 12.1 Å². The zero-order valence-corrected chi connectivity index (χ0v) is 16.3. The van der Waals surface area contributed by atoms with Gasteiger partial charge >= 0.3 is 0 Å². The molecule has 1 saturated heterocycles. The number of hydrogen-bond acceptors (Lipinski definition) is 7. The second-order valence-electron chi connectivity index (χ2n) is 6.56. The van der Waals surface area contributed by atoms with Crippen molar-refractivity contribution in [3.05, 3.63) is 57.8 Å². The van der Waals surface area contributed by atoms with Gasteiger partial charge in [-0.05, 0) is 31.5 Å². The highest BCUT2D eigenvalue weighted by atomic mass is 32.2. The lowest BCUT2D eigenvalue weighted by Gasteiger charge is -2.35. The Morgan fingerprint density at radius 3 is 2.25 bits per heavy atom. The van der Waals surface area contributed by atoms with Crippen LogP contribution in [-0.2, 0) is 10.0 Å². The largest absolute Gasteiger partial charge is 0.354 e. The fourth-order valence-corrected chi connectivity index (χ4v) is 4.56. The number of nitro groups is 1. The number of piperazine rings is 1. The van der Waals surface area contributed by atoms with E-state index in [0.29, 0.717) is 30.0 Å². The fourth-order valence-electron chi connectivity index (χ4n) is 3.13. The van der Waals surface area contributed by atoms with Crippen molar-refractivity contribution in [3.63, 3.8) is 0 Å². The number of pyridine rings is 1. The summed E-state index contributed by atoms with van der Waals surface area (Å²) < 4.78 is 27.1. The van der Waals surface area contributed by atoms with Gasteiger partial charge in [-0.25, -0.2) is 13.4 Å². The molecule has 1 aliphatic heterocycles. The van der Waals surface area contributed by atoms with E-state index in [1.807, 2.05) is 4.90 Å². The average Bonchev–Trinajstić information content (AvgIpc) is 2.68. The molecule has 0 N–H and O–H groups in total. The molecule has 10 heteroatoms. The zero-order valence-electron chi connectivity index (χ0n) is 15.5. The molecule has 148 valence electrons. The molecule has 28 heavy (non-hydrogen) atoms. The summed E-state index contributed by atoms with van der Waals surface area (Å²) in [5.74, 6) is 0.497. The Labute approximate surface area is 162 Å². The monoisotopic (exact) mass is 404 g/mol. The number of aryl methyl sites for hydroxylation is 1. The molecule has 0 bridgehead atoms. The first-order valence-electron chi connectivity index (χ1n) is 8.67. The van der Waals surface area contributed by atoms with Crippen LogP contribution in [0.1, 0.15) is 22.8 Å². The predicted octanol–water partition coefficient (Wildman–Crippen LogP) is 2.01. The van der Waals surface area contributed by atoms with Gasteiger partial charge in [0.25, 0.3) is 5.69 Å². The number of hydrogen-bond donors (Lipinski definition) is 0. The van der Waals surface area contributed by atoms with Gasteiger partial charge in [-0.15, -0.1) is 0 Å². The summed E-state index contributed by atoms with van der Waals surface area (Å²) in [6.07, 6.45) is 1.21. The van der Waals surface area contributed by atoms with E-state index < -0.39 is 14.9 Å². The Kier molecular flexibility index (Phi) is 5.43. The first-order valence-corrected chi connectivity index (χ1v) is 10.1. The van der Waals surface area contributed by atoms with Crippen LogP contribution >= 0.6 is 0 Å². The molecule has 1 aromatic heterocycles. The summed E-state index contributed by atoms with van der Waals surface area (Å²) >= 11 is 0. The van der Waals surface area contributed by atoms with Crippen LogP contribution in [0.5, 0.6) is 0 Å². The van der Waals surface area contributed by atoms with Crippen LogP contribution in [0.25, 0.3) is 0 Å². The van der Waals surface area contributed by atoms with Crippen LogP contribution in [0, 0.1) is 17.0 Å². The number of carbonyl (C=O) groups excluding carboxylic acids is 1. The lowest BCUT2D eigenvalue weighted by atomic mass is 10.2. The van der Waals surface area contributed by atoms with Gasteiger partial charge in [0.05, 0.1) is 9.82 Å². The van der Waals surface area contributed by atoms with E-state index in [0.717, 1.165) is 0 Å². The van der Waals surface area contributed by atoms with Gasteiger partial charge in [0.15, 0.2) is 5.78 Å². The zero-order chi connectivity index (χ0) is 20.5. The smallest absolute Gasteiger partial charge is 0.287 e. The molecule has 0 radical (unpaired) electrons. The Hall–Kier alpha value is -2.85. The Morgan fingerprint density at radius 2 is 1.75 bits per heavy atom. The summed E-state index contributed by atoms with van der Waals surface area (Å²) in [7, 11) is -3.65. The van der Waals surface area contributed by atoms with Crippen molar-refractivity contribution in [2.45, 2.75) is 18.7 Å². The van der Waals surface area contributed by atoms with Crippen LogP contribution in [-0.4, -0.2) is 54.6 Å². The number of nitrogens with zero attached hydrogens (tertiary/aromatic N) is 4. The molecule has 0 aliphatic carbocycles. The normalized spacial score (nSPS) is 15.4. The first kappa shape index (κ1) is 19.9. The molecule has 0 saturated carbocycles. The van der Waals surface area contributed by atoms with Gasteiger partial charge in [-0.3, -0.25) is 14.9 Å². The van der Waals surface area contributed by atoms with E-state index in [9.17, 15) is 23.3 Å². The minimum absolute atomic E-state index is 0.0727. The molecule has 2 heterocycles. The van der Waals surface area contributed by atoms with Crippen LogP contribution in [0.2, 0.25) is 0 Å². The average molecular weight is 404 g/mol. The van der Waals surface area contributed by atoms with Crippen LogP contribution < -0.4 is 4.90 Å². The van der Waals surface area contributed by atoms with E-state index in [2.05, 4.69) is 4.98 Å². The van der Waals surface area contributed by atoms with Crippen molar-refractivity contribution in [2.24, 2.45) is 0 Å².